The van der Waals surface area contributed by atoms with E-state index in [1.54, 1.807) is 6.08 Å². The molecule has 2 nitrogen and oxygen atoms in total. The summed E-state index contributed by atoms with van der Waals surface area (Å²) in [6.45, 7) is 3.43. The largest absolute Gasteiger partial charge is 0.275 e. The van der Waals surface area contributed by atoms with E-state index in [4.69, 9.17) is 10.5 Å². The maximum Gasteiger partial charge on any atom is 0.275 e. The lowest BCUT2D eigenvalue weighted by atomic mass is 10.8. The number of allylic oxidation sites excluding steroid dienone is 1. The standard InChI is InChI=1S/C5H6N2Si/c1-2-3-8(4-6)5-7/h2,8H,1,3H2. The Hall–Kier alpha value is -1.06. The van der Waals surface area contributed by atoms with Crippen molar-refractivity contribution in [2.75, 3.05) is 0 Å². The van der Waals surface area contributed by atoms with Gasteiger partial charge in [0.1, 0.15) is 0 Å². The highest BCUT2D eigenvalue weighted by Gasteiger charge is 2.03. The summed E-state index contributed by atoms with van der Waals surface area (Å²) >= 11 is 0. The van der Waals surface area contributed by atoms with E-state index in [-0.39, 0.29) is 0 Å². The Bertz CT molecular complexity index is 137. The molecule has 0 amide bonds. The summed E-state index contributed by atoms with van der Waals surface area (Å²) in [6.07, 6.45) is 1.63. The number of hydrogen-bond donors (Lipinski definition) is 0. The van der Waals surface area contributed by atoms with Gasteiger partial charge in [-0.15, -0.1) is 6.58 Å². The molecule has 0 heterocycles. The van der Waals surface area contributed by atoms with Gasteiger partial charge in [-0.05, 0) is 6.04 Å². The number of rotatable bonds is 2. The Balaban J connectivity index is 3.62. The lowest BCUT2D eigenvalue weighted by molar-refractivity contribution is 1.52. The highest BCUT2D eigenvalue weighted by Crippen LogP contribution is 1.87. The molecule has 0 saturated heterocycles. The van der Waals surface area contributed by atoms with Crippen LogP contribution in [0.4, 0.5) is 0 Å². The van der Waals surface area contributed by atoms with Crippen LogP contribution in [0.2, 0.25) is 6.04 Å². The van der Waals surface area contributed by atoms with Crippen LogP contribution in [0.5, 0.6) is 0 Å². The summed E-state index contributed by atoms with van der Waals surface area (Å²) < 4.78 is 0. The summed E-state index contributed by atoms with van der Waals surface area (Å²) in [5.41, 5.74) is 3.92. The number of nitriles is 2. The Morgan fingerprint density at radius 1 is 1.50 bits per heavy atom. The van der Waals surface area contributed by atoms with Crippen LogP contribution in [0.15, 0.2) is 12.7 Å². The van der Waals surface area contributed by atoms with Crippen molar-refractivity contribution in [3.8, 4) is 11.4 Å². The average molecular weight is 122 g/mol. The fourth-order valence-electron chi connectivity index (χ4n) is 0.301. The van der Waals surface area contributed by atoms with Crippen molar-refractivity contribution >= 4 is 8.80 Å². The molecule has 0 spiro atoms. The molecule has 0 rings (SSSR count). The lowest BCUT2D eigenvalue weighted by Gasteiger charge is -1.82. The maximum atomic E-state index is 8.20. The van der Waals surface area contributed by atoms with Gasteiger partial charge in [-0.25, -0.2) is 10.5 Å². The molecular formula is C5H6N2Si. The molecule has 3 heteroatoms. The second-order valence-electron chi connectivity index (χ2n) is 1.34. The third kappa shape index (κ3) is 2.17. The van der Waals surface area contributed by atoms with Crippen molar-refractivity contribution in [2.24, 2.45) is 0 Å². The van der Waals surface area contributed by atoms with Crippen LogP contribution < -0.4 is 0 Å². The number of nitrogens with zero attached hydrogens (tertiary/aromatic N) is 2. The van der Waals surface area contributed by atoms with Crippen LogP contribution in [0, 0.1) is 21.9 Å². The van der Waals surface area contributed by atoms with Crippen molar-refractivity contribution in [3.63, 3.8) is 0 Å². The Labute approximate surface area is 50.3 Å². The molecule has 0 aromatic rings. The van der Waals surface area contributed by atoms with Gasteiger partial charge in [-0.1, -0.05) is 6.08 Å². The zero-order chi connectivity index (χ0) is 6.41. The summed E-state index contributed by atoms with van der Waals surface area (Å²) in [7, 11) is -1.70. The van der Waals surface area contributed by atoms with E-state index < -0.39 is 8.80 Å². The van der Waals surface area contributed by atoms with Gasteiger partial charge in [0.25, 0.3) is 8.80 Å². The molecule has 0 bridgehead atoms. The van der Waals surface area contributed by atoms with Crippen LogP contribution in [0.3, 0.4) is 0 Å². The molecule has 0 fully saturated rings. The molecule has 0 unspecified atom stereocenters. The molecule has 0 atom stereocenters. The Morgan fingerprint density at radius 3 is 2.12 bits per heavy atom. The van der Waals surface area contributed by atoms with E-state index >= 15 is 0 Å². The molecule has 40 valence electrons. The van der Waals surface area contributed by atoms with Crippen LogP contribution in [0.25, 0.3) is 0 Å². The van der Waals surface area contributed by atoms with E-state index in [1.165, 1.54) is 0 Å². The highest BCUT2D eigenvalue weighted by atomic mass is 28.3. The zero-order valence-corrected chi connectivity index (χ0v) is 5.62. The normalized spacial score (nSPS) is 7.38. The molecule has 0 aromatic heterocycles. The van der Waals surface area contributed by atoms with Crippen molar-refractivity contribution in [2.45, 2.75) is 6.04 Å². The topological polar surface area (TPSA) is 47.6 Å². The predicted molar refractivity (Wildman–Crippen MR) is 33.4 cm³/mol. The molecule has 0 aromatic carbocycles. The molecule has 0 aliphatic heterocycles. The predicted octanol–water partition coefficient (Wildman–Crippen LogP) is 0.525. The van der Waals surface area contributed by atoms with Gasteiger partial charge in [0, 0.05) is 11.4 Å². The van der Waals surface area contributed by atoms with Crippen LogP contribution >= 0.6 is 0 Å². The molecule has 0 radical (unpaired) electrons. The second-order valence-corrected chi connectivity index (χ2v) is 3.43. The Morgan fingerprint density at radius 2 is 2.00 bits per heavy atom. The van der Waals surface area contributed by atoms with Crippen LogP contribution in [0.1, 0.15) is 0 Å². The first-order chi connectivity index (χ1) is 3.85. The quantitative estimate of drug-likeness (QED) is 0.396. The SMILES string of the molecule is C=CC[SiH](C#N)C#N. The number of hydrogen-bond acceptors (Lipinski definition) is 2. The minimum atomic E-state index is -1.70. The lowest BCUT2D eigenvalue weighted by Crippen LogP contribution is -2.03. The second kappa shape index (κ2) is 4.11. The third-order valence-corrected chi connectivity index (χ3v) is 2.14. The first-order valence-corrected chi connectivity index (χ1v) is 4.22. The first kappa shape index (κ1) is 6.94. The molecule has 0 saturated carbocycles. The van der Waals surface area contributed by atoms with E-state index in [9.17, 15) is 0 Å². The van der Waals surface area contributed by atoms with E-state index in [0.29, 0.717) is 6.04 Å². The van der Waals surface area contributed by atoms with Gasteiger partial charge >= 0.3 is 0 Å². The van der Waals surface area contributed by atoms with Crippen molar-refractivity contribution in [1.29, 1.82) is 10.5 Å². The zero-order valence-electron chi connectivity index (χ0n) is 4.46. The smallest absolute Gasteiger partial charge is 0.206 e. The molecular weight excluding hydrogens is 116 g/mol. The minimum Gasteiger partial charge on any atom is -0.206 e. The van der Waals surface area contributed by atoms with Crippen molar-refractivity contribution in [3.05, 3.63) is 12.7 Å². The van der Waals surface area contributed by atoms with Gasteiger partial charge in [0.2, 0.25) is 0 Å². The fourth-order valence-corrected chi connectivity index (χ4v) is 0.903. The minimum absolute atomic E-state index is 0.604. The first-order valence-electron chi connectivity index (χ1n) is 2.25. The summed E-state index contributed by atoms with van der Waals surface area (Å²) in [4.78, 5) is 0. The maximum absolute atomic E-state index is 8.20. The van der Waals surface area contributed by atoms with E-state index in [2.05, 4.69) is 6.58 Å². The Kier molecular flexibility index (Phi) is 3.56. The molecule has 0 aliphatic rings. The fraction of sp³-hybridized carbons (Fsp3) is 0.200. The monoisotopic (exact) mass is 122 g/mol. The van der Waals surface area contributed by atoms with Gasteiger partial charge < -0.3 is 0 Å². The highest BCUT2D eigenvalue weighted by molar-refractivity contribution is 6.74. The van der Waals surface area contributed by atoms with E-state index in [0.717, 1.165) is 0 Å². The van der Waals surface area contributed by atoms with Gasteiger partial charge in [-0.3, -0.25) is 0 Å². The summed E-state index contributed by atoms with van der Waals surface area (Å²) in [5.74, 6) is 0. The summed E-state index contributed by atoms with van der Waals surface area (Å²) in [6, 6.07) is 0.604. The van der Waals surface area contributed by atoms with Gasteiger partial charge in [0.15, 0.2) is 0 Å². The van der Waals surface area contributed by atoms with Gasteiger partial charge in [0.05, 0.1) is 0 Å². The van der Waals surface area contributed by atoms with Crippen molar-refractivity contribution in [1.82, 2.24) is 0 Å². The average Bonchev–Trinajstić information content (AvgIpc) is 1.83. The van der Waals surface area contributed by atoms with Gasteiger partial charge in [-0.2, -0.15) is 0 Å². The van der Waals surface area contributed by atoms with Crippen LogP contribution in [-0.4, -0.2) is 8.80 Å². The molecule has 0 aliphatic carbocycles. The van der Waals surface area contributed by atoms with Crippen molar-refractivity contribution < 1.29 is 0 Å². The molecule has 8 heavy (non-hydrogen) atoms. The van der Waals surface area contributed by atoms with E-state index in [1.807, 2.05) is 11.4 Å². The summed E-state index contributed by atoms with van der Waals surface area (Å²) in [5, 5.41) is 16.4. The third-order valence-electron chi connectivity index (χ3n) is 0.714. The molecule has 0 N–H and O–H groups in total. The van der Waals surface area contributed by atoms with Crippen LogP contribution in [-0.2, 0) is 0 Å².